The van der Waals surface area contributed by atoms with Gasteiger partial charge in [0.25, 0.3) is 0 Å². The van der Waals surface area contributed by atoms with Gasteiger partial charge in [0.2, 0.25) is 5.91 Å². The van der Waals surface area contributed by atoms with Crippen molar-refractivity contribution in [3.8, 4) is 0 Å². The minimum absolute atomic E-state index is 0.0302. The Morgan fingerprint density at radius 1 is 1.56 bits per heavy atom. The summed E-state index contributed by atoms with van der Waals surface area (Å²) in [7, 11) is 0. The molecule has 0 aliphatic carbocycles. The van der Waals surface area contributed by atoms with Gasteiger partial charge in [0.15, 0.2) is 0 Å². The van der Waals surface area contributed by atoms with E-state index in [-0.39, 0.29) is 11.8 Å². The zero-order valence-electron chi connectivity index (χ0n) is 9.20. The number of benzene rings is 1. The fourth-order valence-electron chi connectivity index (χ4n) is 2.04. The maximum Gasteiger partial charge on any atom is 0.227 e. The topological polar surface area (TPSA) is 41.1 Å². The van der Waals surface area contributed by atoms with Crippen LogP contribution >= 0.6 is 0 Å². The zero-order chi connectivity index (χ0) is 11.4. The van der Waals surface area contributed by atoms with Crippen LogP contribution in [-0.4, -0.2) is 19.0 Å². The van der Waals surface area contributed by atoms with E-state index < -0.39 is 0 Å². The maximum absolute atomic E-state index is 11.9. The molecular weight excluding hydrogens is 200 g/mol. The molecule has 3 nitrogen and oxygen atoms in total. The fourth-order valence-corrected chi connectivity index (χ4v) is 2.04. The lowest BCUT2D eigenvalue weighted by atomic mass is 9.90. The molecule has 84 valence electrons. The number of rotatable bonds is 3. The highest BCUT2D eigenvalue weighted by Crippen LogP contribution is 2.31. The van der Waals surface area contributed by atoms with Gasteiger partial charge in [0, 0.05) is 18.8 Å². The zero-order valence-corrected chi connectivity index (χ0v) is 9.20. The molecule has 1 heterocycles. The van der Waals surface area contributed by atoms with Gasteiger partial charge in [0.05, 0.1) is 5.92 Å². The van der Waals surface area contributed by atoms with Crippen LogP contribution < -0.4 is 10.6 Å². The van der Waals surface area contributed by atoms with Gasteiger partial charge in [0.1, 0.15) is 0 Å². The predicted octanol–water partition coefficient (Wildman–Crippen LogP) is 1.89. The number of para-hydroxylation sites is 1. The first-order valence-corrected chi connectivity index (χ1v) is 5.54. The molecule has 0 saturated carbocycles. The van der Waals surface area contributed by atoms with Crippen molar-refractivity contribution < 1.29 is 4.79 Å². The Morgan fingerprint density at radius 3 is 3.19 bits per heavy atom. The lowest BCUT2D eigenvalue weighted by Gasteiger charge is -2.25. The first-order chi connectivity index (χ1) is 7.83. The van der Waals surface area contributed by atoms with E-state index in [4.69, 9.17) is 0 Å². The summed E-state index contributed by atoms with van der Waals surface area (Å²) in [4.78, 5) is 11.9. The van der Waals surface area contributed by atoms with E-state index in [1.54, 1.807) is 6.08 Å². The Balaban J connectivity index is 2.18. The lowest BCUT2D eigenvalue weighted by Crippen LogP contribution is -2.33. The number of hydrogen-bond acceptors (Lipinski definition) is 2. The first kappa shape index (κ1) is 10.7. The van der Waals surface area contributed by atoms with Gasteiger partial charge in [-0.25, -0.2) is 0 Å². The van der Waals surface area contributed by atoms with Crippen molar-refractivity contribution in [2.24, 2.45) is 0 Å². The summed E-state index contributed by atoms with van der Waals surface area (Å²) in [6.07, 6.45) is 2.55. The summed E-state index contributed by atoms with van der Waals surface area (Å²) in [5.41, 5.74) is 2.17. The Morgan fingerprint density at radius 2 is 2.38 bits per heavy atom. The molecule has 1 aliphatic heterocycles. The molecular formula is C13H16N2O. The van der Waals surface area contributed by atoms with Crippen molar-refractivity contribution in [2.45, 2.75) is 12.3 Å². The van der Waals surface area contributed by atoms with E-state index in [1.165, 1.54) is 0 Å². The van der Waals surface area contributed by atoms with Crippen LogP contribution in [0.2, 0.25) is 0 Å². The summed E-state index contributed by atoms with van der Waals surface area (Å²) in [5.74, 6) is 0.0613. The molecule has 0 bridgehead atoms. The monoisotopic (exact) mass is 216 g/mol. The van der Waals surface area contributed by atoms with Crippen molar-refractivity contribution in [2.75, 3.05) is 18.4 Å². The van der Waals surface area contributed by atoms with Crippen molar-refractivity contribution in [1.82, 2.24) is 5.32 Å². The normalized spacial score (nSPS) is 18.1. The number of fused-ring (bicyclic) bond motifs is 1. The minimum atomic E-state index is -0.0302. The number of hydrogen-bond donors (Lipinski definition) is 2. The molecule has 1 aliphatic rings. The average molecular weight is 216 g/mol. The van der Waals surface area contributed by atoms with Crippen molar-refractivity contribution >= 4 is 11.6 Å². The summed E-state index contributed by atoms with van der Waals surface area (Å²) in [5, 5.41) is 6.16. The fraction of sp³-hybridized carbons (Fsp3) is 0.308. The van der Waals surface area contributed by atoms with E-state index in [1.807, 2.05) is 24.3 Å². The molecule has 0 saturated heterocycles. The summed E-state index contributed by atoms with van der Waals surface area (Å²) in [6.45, 7) is 4.98. The summed E-state index contributed by atoms with van der Waals surface area (Å²) in [6, 6.07) is 7.98. The van der Waals surface area contributed by atoms with E-state index >= 15 is 0 Å². The van der Waals surface area contributed by atoms with Crippen LogP contribution in [0.3, 0.4) is 0 Å². The third-order valence-electron chi connectivity index (χ3n) is 2.82. The Bertz CT molecular complexity index is 401. The van der Waals surface area contributed by atoms with Gasteiger partial charge >= 0.3 is 0 Å². The SMILES string of the molecule is C=CCNC(=O)C1CCNc2ccccc21. The van der Waals surface area contributed by atoms with Crippen LogP contribution in [0.5, 0.6) is 0 Å². The summed E-state index contributed by atoms with van der Waals surface area (Å²) < 4.78 is 0. The van der Waals surface area contributed by atoms with E-state index in [0.717, 1.165) is 24.2 Å². The molecule has 0 fully saturated rings. The maximum atomic E-state index is 11.9. The molecule has 1 unspecified atom stereocenters. The molecule has 2 N–H and O–H groups in total. The van der Waals surface area contributed by atoms with Gasteiger partial charge in [-0.3, -0.25) is 4.79 Å². The molecule has 2 rings (SSSR count). The molecule has 1 aromatic rings. The van der Waals surface area contributed by atoms with Crippen molar-refractivity contribution in [3.63, 3.8) is 0 Å². The lowest BCUT2D eigenvalue weighted by molar-refractivity contribution is -0.122. The molecule has 0 aromatic heterocycles. The molecule has 0 radical (unpaired) electrons. The Labute approximate surface area is 95.6 Å². The highest BCUT2D eigenvalue weighted by Gasteiger charge is 2.25. The van der Waals surface area contributed by atoms with Crippen LogP contribution in [0.1, 0.15) is 17.9 Å². The van der Waals surface area contributed by atoms with Crippen molar-refractivity contribution in [3.05, 3.63) is 42.5 Å². The van der Waals surface area contributed by atoms with Crippen LogP contribution in [-0.2, 0) is 4.79 Å². The molecule has 0 spiro atoms. The van der Waals surface area contributed by atoms with Gasteiger partial charge in [-0.1, -0.05) is 24.3 Å². The third-order valence-corrected chi connectivity index (χ3v) is 2.82. The number of nitrogens with one attached hydrogen (secondary N) is 2. The second-order valence-corrected chi connectivity index (χ2v) is 3.89. The standard InChI is InChI=1S/C13H16N2O/c1-2-8-15-13(16)11-7-9-14-12-6-4-3-5-10(11)12/h2-6,11,14H,1,7-9H2,(H,15,16). The van der Waals surface area contributed by atoms with Crippen LogP contribution in [0.4, 0.5) is 5.69 Å². The molecule has 16 heavy (non-hydrogen) atoms. The van der Waals surface area contributed by atoms with Gasteiger partial charge in [-0.15, -0.1) is 6.58 Å². The highest BCUT2D eigenvalue weighted by atomic mass is 16.1. The van der Waals surface area contributed by atoms with Crippen LogP contribution in [0.25, 0.3) is 0 Å². The minimum Gasteiger partial charge on any atom is -0.385 e. The Hall–Kier alpha value is -1.77. The number of anilines is 1. The first-order valence-electron chi connectivity index (χ1n) is 5.54. The average Bonchev–Trinajstić information content (AvgIpc) is 2.35. The number of carbonyl (C=O) groups is 1. The predicted molar refractivity (Wildman–Crippen MR) is 65.5 cm³/mol. The van der Waals surface area contributed by atoms with Crippen molar-refractivity contribution in [1.29, 1.82) is 0 Å². The largest absolute Gasteiger partial charge is 0.385 e. The highest BCUT2D eigenvalue weighted by molar-refractivity contribution is 5.86. The number of carbonyl (C=O) groups excluding carboxylic acids is 1. The van der Waals surface area contributed by atoms with Gasteiger partial charge in [-0.2, -0.15) is 0 Å². The molecule has 1 amide bonds. The second kappa shape index (κ2) is 4.84. The Kier molecular flexibility index (Phi) is 3.25. The third kappa shape index (κ3) is 2.08. The molecule has 3 heteroatoms. The van der Waals surface area contributed by atoms with Gasteiger partial charge in [-0.05, 0) is 18.1 Å². The quantitative estimate of drug-likeness (QED) is 0.757. The van der Waals surface area contributed by atoms with E-state index in [2.05, 4.69) is 17.2 Å². The second-order valence-electron chi connectivity index (χ2n) is 3.89. The molecule has 1 atom stereocenters. The van der Waals surface area contributed by atoms with Gasteiger partial charge < -0.3 is 10.6 Å². The van der Waals surface area contributed by atoms with Crippen LogP contribution in [0, 0.1) is 0 Å². The van der Waals surface area contributed by atoms with E-state index in [0.29, 0.717) is 6.54 Å². The van der Waals surface area contributed by atoms with E-state index in [9.17, 15) is 4.79 Å². The smallest absolute Gasteiger partial charge is 0.227 e. The molecule has 1 aromatic carbocycles. The number of amides is 1. The summed E-state index contributed by atoms with van der Waals surface area (Å²) >= 11 is 0. The van der Waals surface area contributed by atoms with Crippen LogP contribution in [0.15, 0.2) is 36.9 Å².